The van der Waals surface area contributed by atoms with Crippen LogP contribution in [0.3, 0.4) is 0 Å². The molecule has 1 fully saturated rings. The van der Waals surface area contributed by atoms with E-state index < -0.39 is 0 Å². The van der Waals surface area contributed by atoms with E-state index >= 15 is 0 Å². The summed E-state index contributed by atoms with van der Waals surface area (Å²) in [6, 6.07) is 8.63. The number of nitrogen functional groups attached to an aromatic ring is 1. The summed E-state index contributed by atoms with van der Waals surface area (Å²) in [6.45, 7) is 4.72. The Morgan fingerprint density at radius 2 is 1.81 bits per heavy atom. The Balaban J connectivity index is 1.93. The molecule has 1 aliphatic rings. The van der Waals surface area contributed by atoms with Gasteiger partial charge in [0.25, 0.3) is 0 Å². The molecule has 0 bridgehead atoms. The molecular weight excluding hydrogens is 260 g/mol. The molecular formula is C17H24N4. The normalized spacial score (nSPS) is 18.8. The summed E-state index contributed by atoms with van der Waals surface area (Å²) in [5.41, 5.74) is 7.28. The van der Waals surface area contributed by atoms with Crippen molar-refractivity contribution in [1.29, 1.82) is 0 Å². The van der Waals surface area contributed by atoms with Crippen molar-refractivity contribution in [1.82, 2.24) is 9.97 Å². The zero-order chi connectivity index (χ0) is 15.0. The Hall–Kier alpha value is -1.84. The molecule has 0 spiro atoms. The second kappa shape index (κ2) is 5.17. The van der Waals surface area contributed by atoms with Gasteiger partial charge >= 0.3 is 0 Å². The number of fused-ring (bicyclic) bond motifs is 1. The van der Waals surface area contributed by atoms with Gasteiger partial charge in [-0.05, 0) is 43.2 Å². The van der Waals surface area contributed by atoms with Gasteiger partial charge in [-0.15, -0.1) is 0 Å². The highest BCUT2D eigenvalue weighted by Gasteiger charge is 2.29. The molecule has 0 aliphatic heterocycles. The largest absolute Gasteiger partial charge is 0.368 e. The number of aromatic nitrogens is 2. The van der Waals surface area contributed by atoms with E-state index in [-0.39, 0.29) is 0 Å². The second-order valence-corrected chi connectivity index (χ2v) is 6.93. The van der Waals surface area contributed by atoms with Crippen molar-refractivity contribution in [3.63, 3.8) is 0 Å². The van der Waals surface area contributed by atoms with Crippen LogP contribution in [0.4, 0.5) is 11.8 Å². The summed E-state index contributed by atoms with van der Waals surface area (Å²) in [5.74, 6) is 1.31. The molecule has 1 saturated carbocycles. The topological polar surface area (TPSA) is 55.0 Å². The molecule has 0 radical (unpaired) electrons. The van der Waals surface area contributed by atoms with Crippen LogP contribution in [-0.4, -0.2) is 23.1 Å². The van der Waals surface area contributed by atoms with E-state index in [1.165, 1.54) is 25.7 Å². The van der Waals surface area contributed by atoms with Gasteiger partial charge in [-0.2, -0.15) is 4.98 Å². The van der Waals surface area contributed by atoms with Gasteiger partial charge in [-0.1, -0.05) is 26.0 Å². The van der Waals surface area contributed by atoms with Crippen molar-refractivity contribution in [3.8, 4) is 0 Å². The van der Waals surface area contributed by atoms with Gasteiger partial charge in [0, 0.05) is 18.5 Å². The average Bonchev–Trinajstić information content (AvgIpc) is 2.45. The van der Waals surface area contributed by atoms with Crippen LogP contribution in [0, 0.1) is 5.41 Å². The highest BCUT2D eigenvalue weighted by Crippen LogP contribution is 2.38. The zero-order valence-electron chi connectivity index (χ0n) is 13.1. The first-order valence-electron chi connectivity index (χ1n) is 7.71. The highest BCUT2D eigenvalue weighted by atomic mass is 15.2. The molecule has 0 saturated heterocycles. The molecule has 0 atom stereocenters. The molecule has 21 heavy (non-hydrogen) atoms. The van der Waals surface area contributed by atoms with E-state index in [1.54, 1.807) is 0 Å². The molecule has 4 heteroatoms. The monoisotopic (exact) mass is 284 g/mol. The molecule has 1 aliphatic carbocycles. The maximum atomic E-state index is 5.89. The van der Waals surface area contributed by atoms with Crippen LogP contribution in [0.5, 0.6) is 0 Å². The van der Waals surface area contributed by atoms with Crippen molar-refractivity contribution < 1.29 is 0 Å². The Kier molecular flexibility index (Phi) is 3.47. The van der Waals surface area contributed by atoms with E-state index in [1.807, 2.05) is 18.2 Å². The molecule has 1 heterocycles. The molecule has 1 aromatic heterocycles. The summed E-state index contributed by atoms with van der Waals surface area (Å²) in [7, 11) is 2.14. The number of para-hydroxylation sites is 1. The molecule has 0 unspecified atom stereocenters. The van der Waals surface area contributed by atoms with Crippen LogP contribution in [-0.2, 0) is 0 Å². The number of nitrogens with two attached hydrogens (primary N) is 1. The van der Waals surface area contributed by atoms with Crippen molar-refractivity contribution in [2.45, 2.75) is 45.6 Å². The van der Waals surface area contributed by atoms with Gasteiger partial charge in [0.05, 0.1) is 5.52 Å². The van der Waals surface area contributed by atoms with Gasteiger partial charge in [-0.25, -0.2) is 4.98 Å². The lowest BCUT2D eigenvalue weighted by atomic mass is 9.75. The van der Waals surface area contributed by atoms with Gasteiger partial charge < -0.3 is 10.6 Å². The summed E-state index contributed by atoms with van der Waals surface area (Å²) >= 11 is 0. The third-order valence-electron chi connectivity index (χ3n) is 4.79. The number of benzene rings is 1. The first-order valence-corrected chi connectivity index (χ1v) is 7.71. The van der Waals surface area contributed by atoms with Crippen LogP contribution in [0.15, 0.2) is 24.3 Å². The smallest absolute Gasteiger partial charge is 0.222 e. The van der Waals surface area contributed by atoms with Crippen LogP contribution < -0.4 is 10.6 Å². The van der Waals surface area contributed by atoms with E-state index in [2.05, 4.69) is 41.8 Å². The number of rotatable bonds is 2. The minimum Gasteiger partial charge on any atom is -0.368 e. The Morgan fingerprint density at radius 3 is 2.52 bits per heavy atom. The minimum absolute atomic E-state index is 0.353. The Bertz CT molecular complexity index is 640. The van der Waals surface area contributed by atoms with Gasteiger partial charge in [-0.3, -0.25) is 0 Å². The summed E-state index contributed by atoms with van der Waals surface area (Å²) in [5, 5.41) is 1.08. The fourth-order valence-electron chi connectivity index (χ4n) is 3.29. The van der Waals surface area contributed by atoms with Gasteiger partial charge in [0.15, 0.2) is 0 Å². The lowest BCUT2D eigenvalue weighted by Gasteiger charge is -2.39. The van der Waals surface area contributed by atoms with Crippen molar-refractivity contribution >= 4 is 22.7 Å². The number of hydrogen-bond donors (Lipinski definition) is 1. The van der Waals surface area contributed by atoms with Crippen molar-refractivity contribution in [2.75, 3.05) is 17.7 Å². The zero-order valence-corrected chi connectivity index (χ0v) is 13.1. The highest BCUT2D eigenvalue weighted by molar-refractivity contribution is 5.90. The second-order valence-electron chi connectivity index (χ2n) is 6.93. The summed E-state index contributed by atoms with van der Waals surface area (Å²) < 4.78 is 0. The summed E-state index contributed by atoms with van der Waals surface area (Å²) in [4.78, 5) is 11.1. The average molecular weight is 284 g/mol. The lowest BCUT2D eigenvalue weighted by Crippen LogP contribution is -2.37. The first kappa shape index (κ1) is 14.1. The standard InChI is InChI=1S/C17H24N4/c1-17(2)10-8-12(9-11-17)21(3)15-13-6-4-5-7-14(13)19-16(18)20-15/h4-7,12H,8-11H2,1-3H3,(H2,18,19,20). The van der Waals surface area contributed by atoms with Crippen LogP contribution in [0.25, 0.3) is 10.9 Å². The maximum Gasteiger partial charge on any atom is 0.222 e. The molecule has 1 aromatic carbocycles. The quantitative estimate of drug-likeness (QED) is 0.915. The maximum absolute atomic E-state index is 5.89. The van der Waals surface area contributed by atoms with Gasteiger partial charge in [0.2, 0.25) is 5.95 Å². The molecule has 2 aromatic rings. The molecule has 112 valence electrons. The lowest BCUT2D eigenvalue weighted by molar-refractivity contribution is 0.222. The SMILES string of the molecule is CN(c1nc(N)nc2ccccc12)C1CCC(C)(C)CC1. The van der Waals surface area contributed by atoms with Crippen LogP contribution in [0.2, 0.25) is 0 Å². The third kappa shape index (κ3) is 2.80. The number of nitrogens with zero attached hydrogens (tertiary/aromatic N) is 3. The predicted molar refractivity (Wildman–Crippen MR) is 88.4 cm³/mol. The van der Waals surface area contributed by atoms with Gasteiger partial charge in [0.1, 0.15) is 5.82 Å². The minimum atomic E-state index is 0.353. The molecule has 3 rings (SSSR count). The summed E-state index contributed by atoms with van der Waals surface area (Å²) in [6.07, 6.45) is 4.95. The molecule has 4 nitrogen and oxygen atoms in total. The van der Waals surface area contributed by atoms with Crippen LogP contribution in [0.1, 0.15) is 39.5 Å². The Labute approximate surface area is 126 Å². The Morgan fingerprint density at radius 1 is 1.14 bits per heavy atom. The van der Waals surface area contributed by atoms with E-state index in [0.29, 0.717) is 17.4 Å². The molecule has 2 N–H and O–H groups in total. The third-order valence-corrected chi connectivity index (χ3v) is 4.79. The molecule has 0 amide bonds. The van der Waals surface area contributed by atoms with E-state index in [4.69, 9.17) is 5.73 Å². The fraction of sp³-hybridized carbons (Fsp3) is 0.529. The van der Waals surface area contributed by atoms with Crippen molar-refractivity contribution in [2.24, 2.45) is 5.41 Å². The van der Waals surface area contributed by atoms with Crippen molar-refractivity contribution in [3.05, 3.63) is 24.3 Å². The van der Waals surface area contributed by atoms with Crippen LogP contribution >= 0.6 is 0 Å². The van der Waals surface area contributed by atoms with E-state index in [9.17, 15) is 0 Å². The number of anilines is 2. The fourth-order valence-corrected chi connectivity index (χ4v) is 3.29. The first-order chi connectivity index (χ1) is 9.96. The van der Waals surface area contributed by atoms with E-state index in [0.717, 1.165) is 16.7 Å². The predicted octanol–water partition coefficient (Wildman–Crippen LogP) is 3.62. The number of hydrogen-bond acceptors (Lipinski definition) is 4.